The Labute approximate surface area is 175 Å². The molecule has 2 saturated heterocycles. The number of hydrogen-bond acceptors (Lipinski definition) is 3. The Morgan fingerprint density at radius 2 is 1.76 bits per heavy atom. The van der Waals surface area contributed by atoms with Crippen LogP contribution in [0.5, 0.6) is 0 Å². The molecule has 0 bridgehead atoms. The SMILES string of the molecule is C/C=C(\C)C(=O)N1CCC[C@@H](CCC(=O)N2CCN(Cc3ccccc3)CC2)C1. The highest BCUT2D eigenvalue weighted by molar-refractivity contribution is 5.92. The van der Waals surface area contributed by atoms with Gasteiger partial charge >= 0.3 is 0 Å². The first-order valence-corrected chi connectivity index (χ1v) is 11.0. The second-order valence-electron chi connectivity index (χ2n) is 8.41. The fourth-order valence-electron chi connectivity index (χ4n) is 4.34. The van der Waals surface area contributed by atoms with Gasteiger partial charge < -0.3 is 9.80 Å². The second-order valence-corrected chi connectivity index (χ2v) is 8.41. The number of likely N-dealkylation sites (tertiary alicyclic amines) is 1. The topological polar surface area (TPSA) is 43.9 Å². The van der Waals surface area contributed by atoms with E-state index in [4.69, 9.17) is 0 Å². The van der Waals surface area contributed by atoms with Gasteiger partial charge in [-0.1, -0.05) is 36.4 Å². The quantitative estimate of drug-likeness (QED) is 0.692. The first-order valence-electron chi connectivity index (χ1n) is 11.0. The van der Waals surface area contributed by atoms with Gasteiger partial charge in [0.25, 0.3) is 0 Å². The highest BCUT2D eigenvalue weighted by atomic mass is 16.2. The number of hydrogen-bond donors (Lipinski definition) is 0. The molecule has 0 N–H and O–H groups in total. The zero-order valence-corrected chi connectivity index (χ0v) is 18.0. The van der Waals surface area contributed by atoms with Crippen LogP contribution in [0.25, 0.3) is 0 Å². The number of piperidine rings is 1. The zero-order valence-electron chi connectivity index (χ0n) is 18.0. The molecule has 2 amide bonds. The maximum absolute atomic E-state index is 12.7. The summed E-state index contributed by atoms with van der Waals surface area (Å²) in [4.78, 5) is 31.5. The Bertz CT molecular complexity index is 708. The molecule has 5 heteroatoms. The van der Waals surface area contributed by atoms with Crippen molar-refractivity contribution >= 4 is 11.8 Å². The van der Waals surface area contributed by atoms with Crippen LogP contribution in [-0.2, 0) is 16.1 Å². The number of nitrogens with zero attached hydrogens (tertiary/aromatic N) is 3. The standard InChI is InChI=1S/C24H35N3O2/c1-3-20(2)24(29)27-13-7-10-22(19-27)11-12-23(28)26-16-14-25(15-17-26)18-21-8-5-4-6-9-21/h3-6,8-9,22H,7,10-19H2,1-2H3/b20-3+/t22-/m0/s1. The van der Waals surface area contributed by atoms with E-state index in [1.54, 1.807) is 0 Å². The van der Waals surface area contributed by atoms with Gasteiger partial charge in [0.15, 0.2) is 0 Å². The van der Waals surface area contributed by atoms with Crippen molar-refractivity contribution in [2.45, 2.75) is 46.1 Å². The van der Waals surface area contributed by atoms with Gasteiger partial charge in [-0.05, 0) is 44.6 Å². The Morgan fingerprint density at radius 3 is 2.45 bits per heavy atom. The molecule has 0 spiro atoms. The molecule has 1 aromatic carbocycles. The molecule has 1 aromatic rings. The Hall–Kier alpha value is -2.14. The molecule has 1 atom stereocenters. The van der Waals surface area contributed by atoms with Crippen molar-refractivity contribution < 1.29 is 9.59 Å². The Balaban J connectivity index is 1.39. The predicted octanol–water partition coefficient (Wildman–Crippen LogP) is 3.32. The minimum atomic E-state index is 0.151. The van der Waals surface area contributed by atoms with Gasteiger partial charge in [-0.3, -0.25) is 14.5 Å². The number of allylic oxidation sites excluding steroid dienone is 1. The number of carbonyl (C=O) groups excluding carboxylic acids is 2. The highest BCUT2D eigenvalue weighted by Gasteiger charge is 2.26. The molecule has 2 fully saturated rings. The van der Waals surface area contributed by atoms with Crippen LogP contribution < -0.4 is 0 Å². The van der Waals surface area contributed by atoms with Crippen LogP contribution in [0.4, 0.5) is 0 Å². The average molecular weight is 398 g/mol. The van der Waals surface area contributed by atoms with Crippen molar-refractivity contribution in [2.75, 3.05) is 39.3 Å². The smallest absolute Gasteiger partial charge is 0.249 e. The molecular formula is C24H35N3O2. The van der Waals surface area contributed by atoms with Crippen LogP contribution >= 0.6 is 0 Å². The summed E-state index contributed by atoms with van der Waals surface area (Å²) in [5.41, 5.74) is 2.15. The van der Waals surface area contributed by atoms with E-state index in [2.05, 4.69) is 29.2 Å². The molecule has 2 aliphatic rings. The van der Waals surface area contributed by atoms with Gasteiger partial charge in [0.05, 0.1) is 0 Å². The van der Waals surface area contributed by atoms with Gasteiger partial charge in [0.2, 0.25) is 11.8 Å². The summed E-state index contributed by atoms with van der Waals surface area (Å²) in [5, 5.41) is 0. The minimum absolute atomic E-state index is 0.151. The molecule has 29 heavy (non-hydrogen) atoms. The number of amides is 2. The molecule has 0 radical (unpaired) electrons. The molecule has 2 aliphatic heterocycles. The summed E-state index contributed by atoms with van der Waals surface area (Å²) in [6.07, 6.45) is 5.54. The summed E-state index contributed by atoms with van der Waals surface area (Å²) < 4.78 is 0. The third kappa shape index (κ3) is 6.17. The first-order chi connectivity index (χ1) is 14.1. The maximum atomic E-state index is 12.7. The van der Waals surface area contributed by atoms with Crippen molar-refractivity contribution in [3.05, 3.63) is 47.5 Å². The molecule has 0 aliphatic carbocycles. The maximum Gasteiger partial charge on any atom is 0.249 e. The lowest BCUT2D eigenvalue weighted by atomic mass is 9.92. The molecular weight excluding hydrogens is 362 g/mol. The fraction of sp³-hybridized carbons (Fsp3) is 0.583. The summed E-state index contributed by atoms with van der Waals surface area (Å²) in [5.74, 6) is 0.871. The van der Waals surface area contributed by atoms with E-state index >= 15 is 0 Å². The van der Waals surface area contributed by atoms with Crippen LogP contribution in [0.2, 0.25) is 0 Å². The van der Waals surface area contributed by atoms with Gasteiger partial charge in [-0.2, -0.15) is 0 Å². The molecule has 5 nitrogen and oxygen atoms in total. The Morgan fingerprint density at radius 1 is 1.03 bits per heavy atom. The lowest BCUT2D eigenvalue weighted by Gasteiger charge is -2.36. The predicted molar refractivity (Wildman–Crippen MR) is 116 cm³/mol. The van der Waals surface area contributed by atoms with Crippen LogP contribution in [0.15, 0.2) is 42.0 Å². The normalized spacial score (nSPS) is 21.3. The molecule has 0 saturated carbocycles. The first kappa shape index (κ1) is 21.6. The van der Waals surface area contributed by atoms with Crippen molar-refractivity contribution in [3.63, 3.8) is 0 Å². The van der Waals surface area contributed by atoms with E-state index in [1.165, 1.54) is 5.56 Å². The molecule has 0 unspecified atom stereocenters. The van der Waals surface area contributed by atoms with E-state index in [9.17, 15) is 9.59 Å². The number of rotatable bonds is 6. The molecule has 2 heterocycles. The van der Waals surface area contributed by atoms with E-state index in [0.717, 1.165) is 70.6 Å². The second kappa shape index (κ2) is 10.6. The minimum Gasteiger partial charge on any atom is -0.340 e. The van der Waals surface area contributed by atoms with Crippen LogP contribution in [0.1, 0.15) is 45.1 Å². The van der Waals surface area contributed by atoms with Gasteiger partial charge in [-0.25, -0.2) is 0 Å². The largest absolute Gasteiger partial charge is 0.340 e. The number of piperazine rings is 1. The van der Waals surface area contributed by atoms with Crippen LogP contribution in [0, 0.1) is 5.92 Å². The lowest BCUT2D eigenvalue weighted by Crippen LogP contribution is -2.48. The average Bonchev–Trinajstić information content (AvgIpc) is 2.77. The Kier molecular flexibility index (Phi) is 7.87. The van der Waals surface area contributed by atoms with Gasteiger partial charge in [-0.15, -0.1) is 0 Å². The molecule has 3 rings (SSSR count). The van der Waals surface area contributed by atoms with Gasteiger partial charge in [0.1, 0.15) is 0 Å². The van der Waals surface area contributed by atoms with E-state index in [1.807, 2.05) is 35.8 Å². The summed E-state index contributed by atoms with van der Waals surface area (Å²) in [6.45, 7) is 9.91. The third-order valence-corrected chi connectivity index (χ3v) is 6.32. The third-order valence-electron chi connectivity index (χ3n) is 6.32. The van der Waals surface area contributed by atoms with Crippen LogP contribution in [0.3, 0.4) is 0 Å². The fourth-order valence-corrected chi connectivity index (χ4v) is 4.34. The summed E-state index contributed by atoms with van der Waals surface area (Å²) >= 11 is 0. The summed E-state index contributed by atoms with van der Waals surface area (Å²) in [6, 6.07) is 10.5. The van der Waals surface area contributed by atoms with Gasteiger partial charge in [0, 0.05) is 57.8 Å². The monoisotopic (exact) mass is 397 g/mol. The highest BCUT2D eigenvalue weighted by Crippen LogP contribution is 2.23. The van der Waals surface area contributed by atoms with E-state index in [0.29, 0.717) is 12.3 Å². The van der Waals surface area contributed by atoms with Crippen molar-refractivity contribution in [3.8, 4) is 0 Å². The van der Waals surface area contributed by atoms with Crippen molar-refractivity contribution in [1.29, 1.82) is 0 Å². The molecule has 0 aromatic heterocycles. The number of carbonyl (C=O) groups is 2. The van der Waals surface area contributed by atoms with Crippen LogP contribution in [-0.4, -0.2) is 65.8 Å². The number of benzene rings is 1. The van der Waals surface area contributed by atoms with Crippen molar-refractivity contribution in [2.24, 2.45) is 5.92 Å². The van der Waals surface area contributed by atoms with Crippen molar-refractivity contribution in [1.82, 2.24) is 14.7 Å². The lowest BCUT2D eigenvalue weighted by molar-refractivity contribution is -0.133. The summed E-state index contributed by atoms with van der Waals surface area (Å²) in [7, 11) is 0. The van der Waals surface area contributed by atoms with E-state index < -0.39 is 0 Å². The van der Waals surface area contributed by atoms with E-state index in [-0.39, 0.29) is 11.8 Å². The molecule has 158 valence electrons. The zero-order chi connectivity index (χ0) is 20.6.